The Hall–Kier alpha value is -3.48. The lowest BCUT2D eigenvalue weighted by molar-refractivity contribution is -0.122. The second-order valence-corrected chi connectivity index (χ2v) is 6.51. The zero-order chi connectivity index (χ0) is 19.0. The van der Waals surface area contributed by atoms with Gasteiger partial charge in [0, 0.05) is 13.0 Å². The fraction of sp³-hybridized carbons (Fsp3) is 0.200. The second-order valence-electron chi connectivity index (χ2n) is 6.51. The predicted octanol–water partition coefficient (Wildman–Crippen LogP) is 2.08. The molecule has 7 heteroatoms. The van der Waals surface area contributed by atoms with Crippen LogP contribution in [-0.4, -0.2) is 27.9 Å². The minimum Gasteiger partial charge on any atom is -0.323 e. The molecule has 27 heavy (non-hydrogen) atoms. The molecule has 7 nitrogen and oxygen atoms in total. The maximum absolute atomic E-state index is 12.7. The highest BCUT2D eigenvalue weighted by Gasteiger charge is 2.26. The average Bonchev–Trinajstić information content (AvgIpc) is 2.67. The van der Waals surface area contributed by atoms with Crippen molar-refractivity contribution in [1.82, 2.24) is 9.55 Å². The van der Waals surface area contributed by atoms with Crippen molar-refractivity contribution in [2.24, 2.45) is 0 Å². The molecule has 0 radical (unpaired) electrons. The minimum absolute atomic E-state index is 0.0279. The molecule has 0 aliphatic carbocycles. The van der Waals surface area contributed by atoms with E-state index in [4.69, 9.17) is 0 Å². The summed E-state index contributed by atoms with van der Waals surface area (Å²) in [5.41, 5.74) is 2.72. The number of para-hydroxylation sites is 3. The number of nitrogens with zero attached hydrogens (tertiary/aromatic N) is 3. The maximum atomic E-state index is 12.7. The van der Waals surface area contributed by atoms with Crippen LogP contribution < -0.4 is 15.8 Å². The Morgan fingerprint density at radius 1 is 1.15 bits per heavy atom. The Kier molecular flexibility index (Phi) is 4.19. The molecule has 1 aliphatic heterocycles. The number of aromatic nitrogens is 2. The van der Waals surface area contributed by atoms with Crippen LogP contribution in [0, 0.1) is 6.92 Å². The summed E-state index contributed by atoms with van der Waals surface area (Å²) >= 11 is 0. The summed E-state index contributed by atoms with van der Waals surface area (Å²) in [6, 6.07) is 12.6. The standard InChI is InChI=1S/C20H18N4O3/c1-13-5-4-6-14-19(13)21-12-23(20(14)27)10-9-18(26)24-11-17(25)22-15-7-2-3-8-16(15)24/h2-8,12H,9-11H2,1H3,(H,22,25). The Morgan fingerprint density at radius 2 is 1.96 bits per heavy atom. The number of nitrogens with one attached hydrogen (secondary N) is 1. The minimum atomic E-state index is -0.234. The Labute approximate surface area is 155 Å². The second kappa shape index (κ2) is 6.68. The van der Waals surface area contributed by atoms with E-state index < -0.39 is 0 Å². The summed E-state index contributed by atoms with van der Waals surface area (Å²) in [6.45, 7) is 2.08. The molecule has 1 N–H and O–H groups in total. The van der Waals surface area contributed by atoms with Gasteiger partial charge in [-0.15, -0.1) is 0 Å². The van der Waals surface area contributed by atoms with Crippen molar-refractivity contribution in [2.45, 2.75) is 19.9 Å². The molecule has 136 valence electrons. The first-order valence-corrected chi connectivity index (χ1v) is 8.68. The van der Waals surface area contributed by atoms with Crippen LogP contribution in [0.3, 0.4) is 0 Å². The molecule has 0 atom stereocenters. The number of rotatable bonds is 3. The molecule has 2 amide bonds. The normalized spacial score (nSPS) is 13.4. The van der Waals surface area contributed by atoms with Crippen molar-refractivity contribution >= 4 is 34.1 Å². The third-order valence-electron chi connectivity index (χ3n) is 4.69. The van der Waals surface area contributed by atoms with E-state index in [0.717, 1.165) is 5.56 Å². The van der Waals surface area contributed by atoms with Gasteiger partial charge in [0.15, 0.2) is 0 Å². The quantitative estimate of drug-likeness (QED) is 0.773. The van der Waals surface area contributed by atoms with Crippen LogP contribution in [0.15, 0.2) is 53.6 Å². The average molecular weight is 362 g/mol. The topological polar surface area (TPSA) is 84.3 Å². The van der Waals surface area contributed by atoms with Gasteiger partial charge in [0.05, 0.1) is 28.6 Å². The van der Waals surface area contributed by atoms with Crippen LogP contribution >= 0.6 is 0 Å². The van der Waals surface area contributed by atoms with Gasteiger partial charge in [0.25, 0.3) is 5.56 Å². The molecule has 1 aromatic heterocycles. The molecule has 2 aromatic carbocycles. The Bertz CT molecular complexity index is 1120. The SMILES string of the molecule is Cc1cccc2c(=O)n(CCC(=O)N3CC(=O)Nc4ccccc43)cnc12. The highest BCUT2D eigenvalue weighted by atomic mass is 16.2. The van der Waals surface area contributed by atoms with E-state index in [9.17, 15) is 14.4 Å². The number of hydrogen-bond acceptors (Lipinski definition) is 4. The van der Waals surface area contributed by atoms with E-state index in [1.807, 2.05) is 25.1 Å². The summed E-state index contributed by atoms with van der Waals surface area (Å²) in [7, 11) is 0. The maximum Gasteiger partial charge on any atom is 0.261 e. The summed E-state index contributed by atoms with van der Waals surface area (Å²) in [6.07, 6.45) is 1.57. The molecule has 0 spiro atoms. The molecule has 0 saturated heterocycles. The number of hydrogen-bond donors (Lipinski definition) is 1. The van der Waals surface area contributed by atoms with E-state index in [1.54, 1.807) is 24.3 Å². The zero-order valence-corrected chi connectivity index (χ0v) is 14.8. The molecule has 1 aliphatic rings. The van der Waals surface area contributed by atoms with Gasteiger partial charge in [-0.2, -0.15) is 0 Å². The van der Waals surface area contributed by atoms with Crippen molar-refractivity contribution in [2.75, 3.05) is 16.8 Å². The first-order valence-electron chi connectivity index (χ1n) is 8.68. The van der Waals surface area contributed by atoms with Gasteiger partial charge in [-0.05, 0) is 30.7 Å². The van der Waals surface area contributed by atoms with Crippen molar-refractivity contribution in [3.63, 3.8) is 0 Å². The first-order chi connectivity index (χ1) is 13.0. The summed E-state index contributed by atoms with van der Waals surface area (Å²) < 4.78 is 1.44. The lowest BCUT2D eigenvalue weighted by Crippen LogP contribution is -2.42. The van der Waals surface area contributed by atoms with Gasteiger partial charge >= 0.3 is 0 Å². The number of benzene rings is 2. The smallest absolute Gasteiger partial charge is 0.261 e. The molecule has 0 saturated carbocycles. The van der Waals surface area contributed by atoms with Crippen molar-refractivity contribution in [1.29, 1.82) is 0 Å². The number of aryl methyl sites for hydroxylation is 2. The van der Waals surface area contributed by atoms with Crippen LogP contribution in [0.1, 0.15) is 12.0 Å². The van der Waals surface area contributed by atoms with E-state index in [0.29, 0.717) is 22.3 Å². The summed E-state index contributed by atoms with van der Waals surface area (Å²) in [4.78, 5) is 43.1. The fourth-order valence-corrected chi connectivity index (χ4v) is 3.30. The number of carbonyl (C=O) groups is 2. The molecule has 0 fully saturated rings. The molecule has 3 aromatic rings. The lowest BCUT2D eigenvalue weighted by atomic mass is 10.1. The van der Waals surface area contributed by atoms with Crippen LogP contribution in [0.4, 0.5) is 11.4 Å². The highest BCUT2D eigenvalue weighted by Crippen LogP contribution is 2.29. The van der Waals surface area contributed by atoms with Gasteiger partial charge in [0.2, 0.25) is 11.8 Å². The van der Waals surface area contributed by atoms with Gasteiger partial charge in [-0.1, -0.05) is 24.3 Å². The molecule has 4 rings (SSSR count). The van der Waals surface area contributed by atoms with Gasteiger partial charge < -0.3 is 10.2 Å². The molecule has 2 heterocycles. The third-order valence-corrected chi connectivity index (χ3v) is 4.69. The first kappa shape index (κ1) is 17.0. The third kappa shape index (κ3) is 3.08. The number of fused-ring (bicyclic) bond motifs is 2. The lowest BCUT2D eigenvalue weighted by Gasteiger charge is -2.29. The van der Waals surface area contributed by atoms with Crippen LogP contribution in [0.5, 0.6) is 0 Å². The van der Waals surface area contributed by atoms with Crippen LogP contribution in [0.25, 0.3) is 10.9 Å². The number of carbonyl (C=O) groups excluding carboxylic acids is 2. The molecular formula is C20H18N4O3. The highest BCUT2D eigenvalue weighted by molar-refractivity contribution is 6.09. The van der Waals surface area contributed by atoms with Crippen molar-refractivity contribution < 1.29 is 9.59 Å². The van der Waals surface area contributed by atoms with Gasteiger partial charge in [0.1, 0.15) is 6.54 Å². The molecule has 0 unspecified atom stereocenters. The number of anilines is 2. The van der Waals surface area contributed by atoms with E-state index in [1.165, 1.54) is 15.8 Å². The van der Waals surface area contributed by atoms with Crippen molar-refractivity contribution in [3.8, 4) is 0 Å². The Morgan fingerprint density at radius 3 is 2.81 bits per heavy atom. The van der Waals surface area contributed by atoms with Crippen LogP contribution in [-0.2, 0) is 16.1 Å². The van der Waals surface area contributed by atoms with E-state index >= 15 is 0 Å². The zero-order valence-electron chi connectivity index (χ0n) is 14.8. The summed E-state index contributed by atoms with van der Waals surface area (Å²) in [5, 5.41) is 3.29. The number of amides is 2. The Balaban J connectivity index is 1.57. The summed E-state index contributed by atoms with van der Waals surface area (Å²) in [5.74, 6) is -0.449. The van der Waals surface area contributed by atoms with E-state index in [2.05, 4.69) is 10.3 Å². The molecule has 0 bridgehead atoms. The monoisotopic (exact) mass is 362 g/mol. The van der Waals surface area contributed by atoms with Gasteiger partial charge in [-0.3, -0.25) is 19.0 Å². The van der Waals surface area contributed by atoms with Crippen molar-refractivity contribution in [3.05, 3.63) is 64.7 Å². The molecular weight excluding hydrogens is 344 g/mol. The fourth-order valence-electron chi connectivity index (χ4n) is 3.30. The predicted molar refractivity (Wildman–Crippen MR) is 103 cm³/mol. The van der Waals surface area contributed by atoms with E-state index in [-0.39, 0.29) is 36.9 Å². The largest absolute Gasteiger partial charge is 0.323 e. The van der Waals surface area contributed by atoms with Gasteiger partial charge in [-0.25, -0.2) is 4.98 Å². The van der Waals surface area contributed by atoms with Crippen LogP contribution in [0.2, 0.25) is 0 Å².